The van der Waals surface area contributed by atoms with Gasteiger partial charge in [0.05, 0.1) is 23.9 Å². The largest absolute Gasteiger partial charge is 0.416 e. The zero-order valence-electron chi connectivity index (χ0n) is 12.6. The van der Waals surface area contributed by atoms with Crippen molar-refractivity contribution in [1.29, 1.82) is 0 Å². The zero-order chi connectivity index (χ0) is 17.3. The first-order chi connectivity index (χ1) is 11.4. The lowest BCUT2D eigenvalue weighted by atomic mass is 10.0. The molecule has 0 aliphatic heterocycles. The lowest BCUT2D eigenvalue weighted by Gasteiger charge is -2.12. The van der Waals surface area contributed by atoms with Gasteiger partial charge in [-0.2, -0.15) is 18.3 Å². The molecule has 2 heterocycles. The number of aromatic amines is 1. The van der Waals surface area contributed by atoms with Gasteiger partial charge in [0.1, 0.15) is 0 Å². The summed E-state index contributed by atoms with van der Waals surface area (Å²) in [7, 11) is 0. The fraction of sp³-hybridized carbons (Fsp3) is 0.267. The molecule has 0 amide bonds. The van der Waals surface area contributed by atoms with Crippen molar-refractivity contribution in [3.8, 4) is 11.1 Å². The highest BCUT2D eigenvalue weighted by atomic mass is 19.4. The summed E-state index contributed by atoms with van der Waals surface area (Å²) in [6.07, 6.45) is -0.138. The summed E-state index contributed by atoms with van der Waals surface area (Å²) in [4.78, 5) is 8.16. The van der Waals surface area contributed by atoms with Gasteiger partial charge in [-0.1, -0.05) is 0 Å². The first-order valence-corrected chi connectivity index (χ1v) is 7.12. The number of alkyl halides is 3. The highest BCUT2D eigenvalue weighted by molar-refractivity contribution is 5.94. The highest BCUT2D eigenvalue weighted by Gasteiger charge is 2.31. The Kier molecular flexibility index (Phi) is 4.10. The maximum absolute atomic E-state index is 13.1. The van der Waals surface area contributed by atoms with E-state index < -0.39 is 11.7 Å². The minimum absolute atomic E-state index is 0.0889. The Balaban J connectivity index is 2.03. The van der Waals surface area contributed by atoms with E-state index in [4.69, 9.17) is 5.11 Å². The van der Waals surface area contributed by atoms with Crippen LogP contribution < -0.4 is 5.32 Å². The second-order valence-electron chi connectivity index (χ2n) is 5.38. The van der Waals surface area contributed by atoms with E-state index in [1.807, 2.05) is 0 Å². The van der Waals surface area contributed by atoms with Crippen LogP contribution in [-0.4, -0.2) is 37.9 Å². The number of nitrogens with one attached hydrogen (secondary N) is 2. The van der Waals surface area contributed by atoms with Gasteiger partial charge in [-0.3, -0.25) is 5.10 Å². The first-order valence-electron chi connectivity index (χ1n) is 7.12. The van der Waals surface area contributed by atoms with Crippen LogP contribution in [0.1, 0.15) is 12.5 Å². The van der Waals surface area contributed by atoms with E-state index in [-0.39, 0.29) is 24.1 Å². The quantitative estimate of drug-likeness (QED) is 0.681. The van der Waals surface area contributed by atoms with Crippen LogP contribution in [0, 0.1) is 0 Å². The van der Waals surface area contributed by atoms with Gasteiger partial charge in [0.25, 0.3) is 0 Å². The van der Waals surface area contributed by atoms with E-state index in [1.165, 1.54) is 18.6 Å². The Morgan fingerprint density at radius 1 is 1.21 bits per heavy atom. The molecule has 1 unspecified atom stereocenters. The molecule has 0 fully saturated rings. The number of anilines is 1. The predicted molar refractivity (Wildman–Crippen MR) is 82.3 cm³/mol. The molecule has 3 aromatic rings. The van der Waals surface area contributed by atoms with Crippen molar-refractivity contribution in [3.05, 3.63) is 36.3 Å². The Morgan fingerprint density at radius 3 is 2.54 bits per heavy atom. The molecule has 0 saturated carbocycles. The fourth-order valence-corrected chi connectivity index (χ4v) is 2.26. The van der Waals surface area contributed by atoms with Crippen molar-refractivity contribution < 1.29 is 18.3 Å². The number of aromatic nitrogens is 4. The Hall–Kier alpha value is -2.68. The van der Waals surface area contributed by atoms with E-state index in [0.29, 0.717) is 16.5 Å². The molecule has 0 spiro atoms. The Bertz CT molecular complexity index is 844. The fourth-order valence-electron chi connectivity index (χ4n) is 2.26. The summed E-state index contributed by atoms with van der Waals surface area (Å²) in [6.45, 7) is 1.66. The van der Waals surface area contributed by atoms with Crippen molar-refractivity contribution in [1.82, 2.24) is 20.2 Å². The molecule has 24 heavy (non-hydrogen) atoms. The summed E-state index contributed by atoms with van der Waals surface area (Å²) in [5.74, 6) is 0.288. The van der Waals surface area contributed by atoms with Gasteiger partial charge in [0, 0.05) is 29.4 Å². The minimum atomic E-state index is -4.47. The molecule has 0 aliphatic carbocycles. The Labute approximate surface area is 134 Å². The number of nitrogens with zero attached hydrogens (tertiary/aromatic N) is 3. The topological polar surface area (TPSA) is 86.7 Å². The van der Waals surface area contributed by atoms with Gasteiger partial charge < -0.3 is 10.4 Å². The SMILES string of the molecule is CC(CO)Nc1ncc(-c2cc(C(F)(F)F)cc3[nH]ncc23)cn1. The summed E-state index contributed by atoms with van der Waals surface area (Å²) in [6, 6.07) is 1.84. The first kappa shape index (κ1) is 16.2. The summed E-state index contributed by atoms with van der Waals surface area (Å²) < 4.78 is 39.2. The van der Waals surface area contributed by atoms with Crippen LogP contribution in [0.3, 0.4) is 0 Å². The van der Waals surface area contributed by atoms with Crippen molar-refractivity contribution >= 4 is 16.9 Å². The molecule has 126 valence electrons. The van der Waals surface area contributed by atoms with Crippen LogP contribution in [0.2, 0.25) is 0 Å². The average Bonchev–Trinajstić information content (AvgIpc) is 3.02. The van der Waals surface area contributed by atoms with Gasteiger partial charge in [0.2, 0.25) is 5.95 Å². The molecule has 1 atom stereocenters. The molecule has 0 radical (unpaired) electrons. The van der Waals surface area contributed by atoms with Gasteiger partial charge in [-0.05, 0) is 24.6 Å². The highest BCUT2D eigenvalue weighted by Crippen LogP contribution is 2.36. The number of halogens is 3. The number of rotatable bonds is 4. The van der Waals surface area contributed by atoms with E-state index in [9.17, 15) is 13.2 Å². The van der Waals surface area contributed by atoms with Crippen LogP contribution in [-0.2, 0) is 6.18 Å². The maximum atomic E-state index is 13.1. The molecule has 6 nitrogen and oxygen atoms in total. The summed E-state index contributed by atoms with van der Waals surface area (Å²) in [5.41, 5.74) is 0.298. The molecule has 9 heteroatoms. The van der Waals surface area contributed by atoms with E-state index in [0.717, 1.165) is 12.1 Å². The zero-order valence-corrected chi connectivity index (χ0v) is 12.6. The second-order valence-corrected chi connectivity index (χ2v) is 5.38. The van der Waals surface area contributed by atoms with E-state index in [1.54, 1.807) is 6.92 Å². The molecule has 3 rings (SSSR count). The number of fused-ring (bicyclic) bond motifs is 1. The number of aliphatic hydroxyl groups excluding tert-OH is 1. The number of hydrogen-bond acceptors (Lipinski definition) is 5. The molecular weight excluding hydrogens is 323 g/mol. The van der Waals surface area contributed by atoms with Crippen molar-refractivity contribution in [2.75, 3.05) is 11.9 Å². The standard InChI is InChI=1S/C15H14F3N5O/c1-8(7-24)22-14-19-4-9(5-20-14)11-2-10(15(16,17)18)3-13-12(11)6-21-23-13/h2-6,8,24H,7H2,1H3,(H,21,23)(H,19,20,22). The van der Waals surface area contributed by atoms with Crippen molar-refractivity contribution in [2.45, 2.75) is 19.1 Å². The molecule has 2 aromatic heterocycles. The molecule has 3 N–H and O–H groups in total. The van der Waals surface area contributed by atoms with Crippen LogP contribution in [0.15, 0.2) is 30.7 Å². The summed E-state index contributed by atoms with van der Waals surface area (Å²) in [5, 5.41) is 18.8. The number of aliphatic hydroxyl groups is 1. The maximum Gasteiger partial charge on any atom is 0.416 e. The van der Waals surface area contributed by atoms with Gasteiger partial charge in [-0.15, -0.1) is 0 Å². The van der Waals surface area contributed by atoms with Crippen LogP contribution in [0.5, 0.6) is 0 Å². The Morgan fingerprint density at radius 2 is 1.92 bits per heavy atom. The predicted octanol–water partition coefficient (Wildman–Crippen LogP) is 2.83. The normalized spacial score (nSPS) is 13.2. The monoisotopic (exact) mass is 337 g/mol. The van der Waals surface area contributed by atoms with Crippen molar-refractivity contribution in [2.24, 2.45) is 0 Å². The number of hydrogen-bond donors (Lipinski definition) is 3. The van der Waals surface area contributed by atoms with Gasteiger partial charge >= 0.3 is 6.18 Å². The lowest BCUT2D eigenvalue weighted by molar-refractivity contribution is -0.137. The van der Waals surface area contributed by atoms with Crippen LogP contribution in [0.25, 0.3) is 22.0 Å². The van der Waals surface area contributed by atoms with Crippen LogP contribution in [0.4, 0.5) is 19.1 Å². The third-order valence-electron chi connectivity index (χ3n) is 3.50. The lowest BCUT2D eigenvalue weighted by Crippen LogP contribution is -2.20. The average molecular weight is 337 g/mol. The van der Waals surface area contributed by atoms with Crippen LogP contribution >= 0.6 is 0 Å². The molecule has 0 saturated heterocycles. The molecule has 1 aromatic carbocycles. The second kappa shape index (κ2) is 6.08. The number of benzene rings is 1. The van der Waals surface area contributed by atoms with Gasteiger partial charge in [-0.25, -0.2) is 9.97 Å². The molecule has 0 aliphatic rings. The minimum Gasteiger partial charge on any atom is -0.394 e. The van der Waals surface area contributed by atoms with E-state index >= 15 is 0 Å². The number of H-pyrrole nitrogens is 1. The molecule has 0 bridgehead atoms. The van der Waals surface area contributed by atoms with E-state index in [2.05, 4.69) is 25.5 Å². The molecular formula is C15H14F3N5O. The van der Waals surface area contributed by atoms with Gasteiger partial charge in [0.15, 0.2) is 0 Å². The van der Waals surface area contributed by atoms with Crippen molar-refractivity contribution in [3.63, 3.8) is 0 Å². The third-order valence-corrected chi connectivity index (χ3v) is 3.50. The third kappa shape index (κ3) is 3.16. The smallest absolute Gasteiger partial charge is 0.394 e. The summed E-state index contributed by atoms with van der Waals surface area (Å²) >= 11 is 0.